The van der Waals surface area contributed by atoms with Crippen LogP contribution in [-0.4, -0.2) is 24.4 Å². The predicted molar refractivity (Wildman–Crippen MR) is 60.3 cm³/mol. The summed E-state index contributed by atoms with van der Waals surface area (Å²) in [5.74, 6) is 0. The molecule has 0 aromatic carbocycles. The van der Waals surface area contributed by atoms with Gasteiger partial charge in [-0.25, -0.2) is 0 Å². The average Bonchev–Trinajstić information content (AvgIpc) is 2.15. The highest BCUT2D eigenvalue weighted by atomic mass is 16.5. The van der Waals surface area contributed by atoms with Crippen LogP contribution >= 0.6 is 0 Å². The van der Waals surface area contributed by atoms with Crippen LogP contribution in [0.1, 0.15) is 32.6 Å². The molecule has 0 aliphatic carbocycles. The minimum Gasteiger partial charge on any atom is -0.393 e. The van der Waals surface area contributed by atoms with Crippen molar-refractivity contribution < 1.29 is 9.84 Å². The summed E-state index contributed by atoms with van der Waals surface area (Å²) in [6.07, 6.45) is 9.88. The SMILES string of the molecule is C=CCCC/C=C/COCCC(C)O. The van der Waals surface area contributed by atoms with Gasteiger partial charge in [0.15, 0.2) is 0 Å². The van der Waals surface area contributed by atoms with Crippen LogP contribution in [0.3, 0.4) is 0 Å². The van der Waals surface area contributed by atoms with Crippen molar-refractivity contribution >= 4 is 0 Å². The van der Waals surface area contributed by atoms with E-state index >= 15 is 0 Å². The van der Waals surface area contributed by atoms with E-state index in [4.69, 9.17) is 9.84 Å². The number of hydrogen-bond donors (Lipinski definition) is 1. The summed E-state index contributed by atoms with van der Waals surface area (Å²) in [5.41, 5.74) is 0. The van der Waals surface area contributed by atoms with E-state index in [2.05, 4.69) is 12.7 Å². The Morgan fingerprint density at radius 2 is 2.14 bits per heavy atom. The maximum absolute atomic E-state index is 8.94. The summed E-state index contributed by atoms with van der Waals surface area (Å²) >= 11 is 0. The average molecular weight is 198 g/mol. The zero-order chi connectivity index (χ0) is 10.6. The van der Waals surface area contributed by atoms with Crippen molar-refractivity contribution in [3.8, 4) is 0 Å². The number of unbranched alkanes of at least 4 members (excludes halogenated alkanes) is 2. The van der Waals surface area contributed by atoms with Gasteiger partial charge >= 0.3 is 0 Å². The molecule has 0 spiro atoms. The van der Waals surface area contributed by atoms with Gasteiger partial charge in [-0.1, -0.05) is 18.2 Å². The van der Waals surface area contributed by atoms with Crippen LogP contribution in [0.25, 0.3) is 0 Å². The number of rotatable bonds is 9. The molecule has 0 rings (SSSR count). The molecule has 0 aromatic heterocycles. The van der Waals surface area contributed by atoms with Gasteiger partial charge in [0, 0.05) is 6.61 Å². The number of ether oxygens (including phenoxy) is 1. The van der Waals surface area contributed by atoms with Gasteiger partial charge in [-0.3, -0.25) is 0 Å². The fourth-order valence-corrected chi connectivity index (χ4v) is 0.971. The molecule has 82 valence electrons. The minimum absolute atomic E-state index is 0.258. The van der Waals surface area contributed by atoms with Crippen molar-refractivity contribution in [3.05, 3.63) is 24.8 Å². The quantitative estimate of drug-likeness (QED) is 0.456. The summed E-state index contributed by atoms with van der Waals surface area (Å²) in [4.78, 5) is 0. The molecule has 0 heterocycles. The fourth-order valence-electron chi connectivity index (χ4n) is 0.971. The maximum Gasteiger partial charge on any atom is 0.0647 e. The van der Waals surface area contributed by atoms with E-state index in [0.29, 0.717) is 19.6 Å². The van der Waals surface area contributed by atoms with Crippen LogP contribution in [0, 0.1) is 0 Å². The molecule has 0 amide bonds. The second-order valence-corrected chi connectivity index (χ2v) is 3.40. The summed E-state index contributed by atoms with van der Waals surface area (Å²) in [6.45, 7) is 6.72. The lowest BCUT2D eigenvalue weighted by atomic mass is 10.2. The lowest BCUT2D eigenvalue weighted by Crippen LogP contribution is -2.05. The van der Waals surface area contributed by atoms with Crippen molar-refractivity contribution in [1.82, 2.24) is 0 Å². The molecule has 0 bridgehead atoms. The highest BCUT2D eigenvalue weighted by Gasteiger charge is 1.93. The van der Waals surface area contributed by atoms with Crippen molar-refractivity contribution in [3.63, 3.8) is 0 Å². The Kier molecular flexibility index (Phi) is 10.0. The Morgan fingerprint density at radius 1 is 1.36 bits per heavy atom. The number of aliphatic hydroxyl groups excluding tert-OH is 1. The van der Waals surface area contributed by atoms with Gasteiger partial charge in [-0.05, 0) is 32.6 Å². The Morgan fingerprint density at radius 3 is 2.79 bits per heavy atom. The van der Waals surface area contributed by atoms with Crippen LogP contribution in [0.5, 0.6) is 0 Å². The molecule has 0 fully saturated rings. The fraction of sp³-hybridized carbons (Fsp3) is 0.667. The normalized spacial score (nSPS) is 13.3. The molecule has 0 radical (unpaired) electrons. The van der Waals surface area contributed by atoms with E-state index in [-0.39, 0.29) is 6.10 Å². The number of aliphatic hydroxyl groups is 1. The maximum atomic E-state index is 8.94. The Bertz CT molecular complexity index is 150. The smallest absolute Gasteiger partial charge is 0.0647 e. The topological polar surface area (TPSA) is 29.5 Å². The second kappa shape index (κ2) is 10.5. The molecule has 0 aliphatic heterocycles. The first-order chi connectivity index (χ1) is 6.77. The summed E-state index contributed by atoms with van der Waals surface area (Å²) in [5, 5.41) is 8.94. The van der Waals surface area contributed by atoms with E-state index < -0.39 is 0 Å². The molecule has 1 atom stereocenters. The molecule has 14 heavy (non-hydrogen) atoms. The van der Waals surface area contributed by atoms with Crippen molar-refractivity contribution in [2.45, 2.75) is 38.7 Å². The van der Waals surface area contributed by atoms with Gasteiger partial charge in [0.2, 0.25) is 0 Å². The summed E-state index contributed by atoms with van der Waals surface area (Å²) in [6, 6.07) is 0. The second-order valence-electron chi connectivity index (χ2n) is 3.40. The highest BCUT2D eigenvalue weighted by molar-refractivity contribution is 4.82. The standard InChI is InChI=1S/C12H22O2/c1-3-4-5-6-7-8-10-14-11-9-12(2)13/h3,7-8,12-13H,1,4-6,9-11H2,2H3/b8-7+. The highest BCUT2D eigenvalue weighted by Crippen LogP contribution is 1.97. The molecule has 2 heteroatoms. The van der Waals surface area contributed by atoms with Gasteiger partial charge in [0.1, 0.15) is 0 Å². The van der Waals surface area contributed by atoms with E-state index in [9.17, 15) is 0 Å². The Hall–Kier alpha value is -0.600. The van der Waals surface area contributed by atoms with Crippen molar-refractivity contribution in [2.75, 3.05) is 13.2 Å². The molecular formula is C12H22O2. The molecule has 0 aromatic rings. The van der Waals surface area contributed by atoms with Crippen LogP contribution in [-0.2, 0) is 4.74 Å². The van der Waals surface area contributed by atoms with Gasteiger partial charge in [-0.15, -0.1) is 6.58 Å². The Labute approximate surface area is 87.3 Å². The molecule has 0 aliphatic rings. The molecule has 0 saturated heterocycles. The van der Waals surface area contributed by atoms with Gasteiger partial charge in [0.05, 0.1) is 12.7 Å². The van der Waals surface area contributed by atoms with E-state index in [1.807, 2.05) is 12.2 Å². The van der Waals surface area contributed by atoms with Crippen LogP contribution in [0.4, 0.5) is 0 Å². The van der Waals surface area contributed by atoms with Gasteiger partial charge in [0.25, 0.3) is 0 Å². The van der Waals surface area contributed by atoms with Crippen molar-refractivity contribution in [2.24, 2.45) is 0 Å². The molecule has 2 nitrogen and oxygen atoms in total. The largest absolute Gasteiger partial charge is 0.393 e. The predicted octanol–water partition coefficient (Wildman–Crippen LogP) is 2.69. The van der Waals surface area contributed by atoms with Gasteiger partial charge < -0.3 is 9.84 Å². The van der Waals surface area contributed by atoms with Crippen LogP contribution in [0.2, 0.25) is 0 Å². The van der Waals surface area contributed by atoms with Crippen LogP contribution in [0.15, 0.2) is 24.8 Å². The summed E-state index contributed by atoms with van der Waals surface area (Å²) < 4.78 is 5.28. The summed E-state index contributed by atoms with van der Waals surface area (Å²) in [7, 11) is 0. The number of hydrogen-bond acceptors (Lipinski definition) is 2. The first-order valence-corrected chi connectivity index (χ1v) is 5.29. The monoisotopic (exact) mass is 198 g/mol. The molecular weight excluding hydrogens is 176 g/mol. The zero-order valence-corrected chi connectivity index (χ0v) is 9.11. The third-order valence-corrected chi connectivity index (χ3v) is 1.84. The van der Waals surface area contributed by atoms with E-state index in [1.54, 1.807) is 6.92 Å². The van der Waals surface area contributed by atoms with Crippen molar-refractivity contribution in [1.29, 1.82) is 0 Å². The third-order valence-electron chi connectivity index (χ3n) is 1.84. The third kappa shape index (κ3) is 11.4. The Balaban J connectivity index is 3.07. The van der Waals surface area contributed by atoms with Gasteiger partial charge in [-0.2, -0.15) is 0 Å². The molecule has 1 unspecified atom stereocenters. The van der Waals surface area contributed by atoms with E-state index in [0.717, 1.165) is 19.3 Å². The first kappa shape index (κ1) is 13.4. The van der Waals surface area contributed by atoms with Crippen LogP contribution < -0.4 is 0 Å². The molecule has 1 N–H and O–H groups in total. The lowest BCUT2D eigenvalue weighted by molar-refractivity contribution is 0.105. The number of allylic oxidation sites excluding steroid dienone is 2. The zero-order valence-electron chi connectivity index (χ0n) is 9.11. The lowest BCUT2D eigenvalue weighted by Gasteiger charge is -2.02. The van der Waals surface area contributed by atoms with E-state index in [1.165, 1.54) is 0 Å². The molecule has 0 saturated carbocycles. The first-order valence-electron chi connectivity index (χ1n) is 5.29. The minimum atomic E-state index is -0.258.